The van der Waals surface area contributed by atoms with Crippen LogP contribution in [0.25, 0.3) is 32.2 Å². The second kappa shape index (κ2) is 39.5. The number of aryl methyl sites for hydroxylation is 2. The molecule has 0 unspecified atom stereocenters. The van der Waals surface area contributed by atoms with E-state index in [9.17, 15) is 0 Å². The number of aromatic hydroxyl groups is 1. The summed E-state index contributed by atoms with van der Waals surface area (Å²) in [5.41, 5.74) is 21.5. The highest BCUT2D eigenvalue weighted by Gasteiger charge is 2.08. The van der Waals surface area contributed by atoms with Gasteiger partial charge in [0.05, 0.1) is 93.3 Å². The van der Waals surface area contributed by atoms with Crippen LogP contribution in [0.2, 0.25) is 45.3 Å². The number of aromatic nitrogens is 2. The van der Waals surface area contributed by atoms with Crippen molar-refractivity contribution in [3.63, 3.8) is 0 Å². The summed E-state index contributed by atoms with van der Waals surface area (Å²) in [6, 6.07) is 51.8. The molecule has 0 aliphatic heterocycles. The van der Waals surface area contributed by atoms with E-state index in [1.807, 2.05) is 141 Å². The summed E-state index contributed by atoms with van der Waals surface area (Å²) < 4.78 is 25.2. The van der Waals surface area contributed by atoms with Crippen LogP contribution in [0.15, 0.2) is 175 Å². The zero-order valence-electron chi connectivity index (χ0n) is 48.6. The summed E-state index contributed by atoms with van der Waals surface area (Å²) in [7, 11) is 7.95. The van der Waals surface area contributed by atoms with Crippen molar-refractivity contribution in [3.8, 4) is 34.5 Å². The van der Waals surface area contributed by atoms with Crippen LogP contribution >= 0.6 is 120 Å². The van der Waals surface area contributed by atoms with Crippen molar-refractivity contribution in [3.05, 3.63) is 259 Å². The van der Waals surface area contributed by atoms with Gasteiger partial charge in [-0.25, -0.2) is 9.97 Å². The lowest BCUT2D eigenvalue weighted by molar-refractivity contribution is 0.414. The molecule has 13 nitrogen and oxygen atoms in total. The first-order valence-corrected chi connectivity index (χ1v) is 30.6. The summed E-state index contributed by atoms with van der Waals surface area (Å²) in [4.78, 5) is 11.3. The fraction of sp³-hybridized carbons (Fsp3) is 0.169. The molecule has 0 aliphatic carbocycles. The van der Waals surface area contributed by atoms with Crippen molar-refractivity contribution < 1.29 is 28.8 Å². The summed E-state index contributed by atoms with van der Waals surface area (Å²) in [6.07, 6.45) is 0. The zero-order valence-corrected chi connectivity index (χ0v) is 57.0. The highest BCUT2D eigenvalue weighted by atomic mass is 79.9. The van der Waals surface area contributed by atoms with E-state index >= 15 is 0 Å². The van der Waals surface area contributed by atoms with Crippen LogP contribution < -0.4 is 34.7 Å². The van der Waals surface area contributed by atoms with Gasteiger partial charge in [0.15, 0.2) is 0 Å². The number of benzene rings is 8. The molecular formula is C65H61BrCl9N7O6. The number of hydrogen-bond acceptors (Lipinski definition) is 11. The van der Waals surface area contributed by atoms with Crippen molar-refractivity contribution in [2.45, 2.75) is 38.8 Å². The predicted molar refractivity (Wildman–Crippen MR) is 372 cm³/mol. The number of rotatable bonds is 12. The molecular weight excluding hydrogens is 1370 g/mol. The maximum absolute atomic E-state index is 8.97. The molecule has 0 bridgehead atoms. The Morgan fingerprint density at radius 2 is 0.875 bits per heavy atom. The van der Waals surface area contributed by atoms with Crippen molar-refractivity contribution >= 4 is 148 Å². The lowest BCUT2D eigenvalue weighted by Crippen LogP contribution is -2.02. The van der Waals surface area contributed by atoms with E-state index in [4.69, 9.17) is 144 Å². The van der Waals surface area contributed by atoms with Crippen LogP contribution in [0.3, 0.4) is 0 Å². The summed E-state index contributed by atoms with van der Waals surface area (Å²) in [5.74, 6) is 4.27. The molecule has 10 aromatic rings. The van der Waals surface area contributed by atoms with Crippen LogP contribution in [-0.4, -0.2) is 50.6 Å². The first-order valence-electron chi connectivity index (χ1n) is 26.0. The number of phenols is 1. The van der Waals surface area contributed by atoms with Gasteiger partial charge in [-0.05, 0) is 150 Å². The second-order valence-electron chi connectivity index (χ2n) is 18.0. The van der Waals surface area contributed by atoms with Crippen LogP contribution in [-0.2, 0) is 25.0 Å². The van der Waals surface area contributed by atoms with Crippen molar-refractivity contribution in [2.75, 3.05) is 40.9 Å². The Kier molecular flexibility index (Phi) is 33.2. The topological polar surface area (TPSA) is 179 Å². The van der Waals surface area contributed by atoms with Gasteiger partial charge in [-0.15, -0.1) is 0 Å². The smallest absolute Gasteiger partial charge is 0.137 e. The largest absolute Gasteiger partial charge is 0.506 e. The molecule has 0 radical (unpaired) electrons. The van der Waals surface area contributed by atoms with Gasteiger partial charge in [0.25, 0.3) is 0 Å². The van der Waals surface area contributed by atoms with Gasteiger partial charge < -0.3 is 39.8 Å². The number of anilines is 1. The Labute approximate surface area is 566 Å². The number of nitrogens with two attached hydrogens (primary N) is 1. The Bertz CT molecular complexity index is 3850. The standard InChI is InChI=1S/C17H14Cl2N2O.C9H5Cl2N.C8H8BrClO.C8H8ClN3O.C8H10ClNO.C8H9ClO.C7H7ClO/c1-22-16-8-11(6-7-13(16)18)10-20-17-9-14(19)12-4-2-3-5-15(12)21-17;10-7-5-9(11)12-8-4-2-1-3-6(7)8;1-11-8-4-6(5-9)2-3-7(8)10;1-13-8-4-6(5-11-12-10)2-3-7(8)9;1-11-8-4-6(5-10)2-3-7(8)9;1-6-3-4-7(9)8(5-6)10-2;1-5-2-3-6(8)7(9)4-5/h2-9H,10H2,1H3,(H,20,21);1-5H;2-4H,5H2,1H3;2-4H,5H2,1H3;2-4H,5,10H2,1H3;3-5H,1-2H3;2-4,9H,1H3. The molecule has 23 heteroatoms. The molecule has 0 spiro atoms. The summed E-state index contributed by atoms with van der Waals surface area (Å²) in [5, 5.41) is 23.6. The Balaban J connectivity index is 0.000000225. The molecule has 88 heavy (non-hydrogen) atoms. The van der Waals surface area contributed by atoms with Crippen LogP contribution in [0.1, 0.15) is 33.4 Å². The van der Waals surface area contributed by atoms with E-state index in [1.54, 1.807) is 78.0 Å². The van der Waals surface area contributed by atoms with Gasteiger partial charge in [-0.1, -0.05) is 198 Å². The maximum atomic E-state index is 8.97. The number of fused-ring (bicyclic) bond motifs is 2. The molecule has 0 fully saturated rings. The van der Waals surface area contributed by atoms with Gasteiger partial charge in [-0.3, -0.25) is 0 Å². The number of methoxy groups -OCH3 is 5. The molecule has 0 saturated heterocycles. The first kappa shape index (κ1) is 74.0. The third kappa shape index (κ3) is 24.8. The van der Waals surface area contributed by atoms with E-state index < -0.39 is 0 Å². The Hall–Kier alpha value is -6.46. The van der Waals surface area contributed by atoms with E-state index in [-0.39, 0.29) is 5.75 Å². The average Bonchev–Trinajstić information content (AvgIpc) is 3.40. The van der Waals surface area contributed by atoms with Crippen molar-refractivity contribution in [1.82, 2.24) is 9.97 Å². The monoisotopic (exact) mass is 1430 g/mol. The van der Waals surface area contributed by atoms with Gasteiger partial charge in [-0.2, -0.15) is 0 Å². The minimum absolute atomic E-state index is 0.150. The minimum atomic E-state index is 0.150. The maximum Gasteiger partial charge on any atom is 0.137 e. The number of alkyl halides is 1. The van der Waals surface area contributed by atoms with E-state index in [0.717, 1.165) is 77.8 Å². The summed E-state index contributed by atoms with van der Waals surface area (Å²) >= 11 is 56.0. The predicted octanol–water partition coefficient (Wildman–Crippen LogP) is 21.9. The number of ether oxygens (including phenoxy) is 5. The number of azide groups is 1. The lowest BCUT2D eigenvalue weighted by atomic mass is 10.2. The SMILES string of the molecule is COc1cc(C)ccc1Cl.COc1cc(CBr)ccc1Cl.COc1cc(CN)ccc1Cl.COc1cc(CN=[N+]=[N-])ccc1Cl.COc1cc(CNc2cc(Cl)c3ccccc3n2)ccc1Cl.Cc1ccc(Cl)c(O)c1.Clc1cc(Cl)c2ccccc2n1. The molecule has 10 rings (SSSR count). The molecule has 2 heterocycles. The van der Waals surface area contributed by atoms with Crippen molar-refractivity contribution in [1.29, 1.82) is 0 Å². The first-order chi connectivity index (χ1) is 42.2. The molecule has 2 aromatic heterocycles. The minimum Gasteiger partial charge on any atom is -0.506 e. The number of para-hydroxylation sites is 2. The molecule has 0 saturated carbocycles. The fourth-order valence-corrected chi connectivity index (χ4v) is 9.48. The van der Waals surface area contributed by atoms with Gasteiger partial charge in [0.1, 0.15) is 45.5 Å². The van der Waals surface area contributed by atoms with Crippen LogP contribution in [0.4, 0.5) is 5.82 Å². The molecule has 0 atom stereocenters. The van der Waals surface area contributed by atoms with E-state index in [0.29, 0.717) is 82.2 Å². The number of hydrogen-bond donors (Lipinski definition) is 3. The third-order valence-corrected chi connectivity index (χ3v) is 15.1. The number of nitrogens with zero attached hydrogens (tertiary/aromatic N) is 5. The van der Waals surface area contributed by atoms with E-state index in [2.05, 4.69) is 41.2 Å². The highest BCUT2D eigenvalue weighted by Crippen LogP contribution is 2.31. The number of halogens is 10. The average molecular weight is 1440 g/mol. The van der Waals surface area contributed by atoms with Gasteiger partial charge in [0.2, 0.25) is 0 Å². The molecule has 0 amide bonds. The fourth-order valence-electron chi connectivity index (χ4n) is 7.26. The lowest BCUT2D eigenvalue weighted by Gasteiger charge is -2.10. The highest BCUT2D eigenvalue weighted by molar-refractivity contribution is 9.08. The normalized spacial score (nSPS) is 9.93. The number of nitrogens with one attached hydrogen (secondary N) is 1. The molecule has 4 N–H and O–H groups in total. The van der Waals surface area contributed by atoms with Crippen LogP contribution in [0, 0.1) is 13.8 Å². The quantitative estimate of drug-likeness (QED) is 0.0350. The number of phenolic OH excluding ortho intramolecular Hbond substituents is 1. The van der Waals surface area contributed by atoms with Gasteiger partial charge >= 0.3 is 0 Å². The van der Waals surface area contributed by atoms with Crippen LogP contribution in [0.5, 0.6) is 34.5 Å². The second-order valence-corrected chi connectivity index (χ2v) is 22.2. The third-order valence-electron chi connectivity index (χ3n) is 11.8. The van der Waals surface area contributed by atoms with Crippen molar-refractivity contribution in [2.24, 2.45) is 10.8 Å². The Morgan fingerprint density at radius 3 is 1.34 bits per heavy atom. The molecule has 0 aliphatic rings. The number of pyridine rings is 2. The Morgan fingerprint density at radius 1 is 0.477 bits per heavy atom. The molecule has 462 valence electrons. The molecule has 8 aromatic carbocycles. The van der Waals surface area contributed by atoms with E-state index in [1.165, 1.54) is 0 Å². The zero-order chi connectivity index (χ0) is 64.7. The summed E-state index contributed by atoms with van der Waals surface area (Å²) in [6.45, 7) is 5.32. The van der Waals surface area contributed by atoms with Gasteiger partial charge in [0, 0.05) is 34.1 Å².